The van der Waals surface area contributed by atoms with Crippen molar-refractivity contribution in [3.63, 3.8) is 0 Å². The lowest BCUT2D eigenvalue weighted by Gasteiger charge is -2.14. The van der Waals surface area contributed by atoms with E-state index in [1.807, 2.05) is 0 Å². The molecule has 0 bridgehead atoms. The summed E-state index contributed by atoms with van der Waals surface area (Å²) in [5.41, 5.74) is 1.98. The fraction of sp³-hybridized carbons (Fsp3) is 0.200. The first kappa shape index (κ1) is 21.1. The quantitative estimate of drug-likeness (QED) is 0.448. The summed E-state index contributed by atoms with van der Waals surface area (Å²) >= 11 is 0. The lowest BCUT2D eigenvalue weighted by atomic mass is 10.0. The van der Waals surface area contributed by atoms with Gasteiger partial charge in [0.2, 0.25) is 0 Å². The highest BCUT2D eigenvalue weighted by atomic mass is 32.2. The largest absolute Gasteiger partial charge is 0.573 e. The lowest BCUT2D eigenvalue weighted by molar-refractivity contribution is -0.275. The van der Waals surface area contributed by atoms with Crippen LogP contribution < -0.4 is 14.2 Å². The van der Waals surface area contributed by atoms with E-state index in [4.69, 9.17) is 9.26 Å². The number of ether oxygens (including phenoxy) is 2. The van der Waals surface area contributed by atoms with Crippen LogP contribution in [0, 0.1) is 0 Å². The van der Waals surface area contributed by atoms with Crippen molar-refractivity contribution in [3.8, 4) is 11.5 Å². The van der Waals surface area contributed by atoms with Gasteiger partial charge in [0.15, 0.2) is 11.4 Å². The van der Waals surface area contributed by atoms with Crippen LogP contribution in [0.1, 0.15) is 11.1 Å². The monoisotopic (exact) mass is 480 g/mol. The van der Waals surface area contributed by atoms with Gasteiger partial charge < -0.3 is 14.0 Å². The maximum atomic E-state index is 12.9. The van der Waals surface area contributed by atoms with Crippen molar-refractivity contribution in [2.45, 2.75) is 24.2 Å². The summed E-state index contributed by atoms with van der Waals surface area (Å²) < 4.78 is 82.9. The Morgan fingerprint density at radius 3 is 2.79 bits per heavy atom. The second kappa shape index (κ2) is 7.69. The van der Waals surface area contributed by atoms with Gasteiger partial charge in [0.05, 0.1) is 13.2 Å². The number of hydrogen-bond donors (Lipinski definition) is 1. The minimum atomic E-state index is -5.06. The van der Waals surface area contributed by atoms with Gasteiger partial charge in [-0.05, 0) is 29.8 Å². The SMILES string of the molecule is O=S(=O)(Nc1noc2cc(Cn3cccn3)c3c(c12)OCC3)c1ccccc1OC(F)(F)F. The van der Waals surface area contributed by atoms with Gasteiger partial charge in [-0.3, -0.25) is 9.40 Å². The molecule has 0 atom stereocenters. The molecule has 5 rings (SSSR count). The summed E-state index contributed by atoms with van der Waals surface area (Å²) in [6, 6.07) is 7.92. The number of aromatic nitrogens is 3. The van der Waals surface area contributed by atoms with Gasteiger partial charge in [-0.2, -0.15) is 5.10 Å². The van der Waals surface area contributed by atoms with Gasteiger partial charge in [0.1, 0.15) is 21.8 Å². The highest BCUT2D eigenvalue weighted by Crippen LogP contribution is 2.42. The fourth-order valence-electron chi connectivity index (χ4n) is 3.69. The Morgan fingerprint density at radius 1 is 1.21 bits per heavy atom. The average molecular weight is 480 g/mol. The number of nitrogens with zero attached hydrogens (tertiary/aromatic N) is 3. The van der Waals surface area contributed by atoms with E-state index in [1.165, 1.54) is 12.1 Å². The molecule has 0 saturated heterocycles. The summed E-state index contributed by atoms with van der Waals surface area (Å²) in [5.74, 6) is -0.655. The standard InChI is InChI=1S/C20H15F3N4O5S/c21-20(22,23)31-14-4-1-2-5-16(14)33(28,29)26-19-17-15(32-25-19)10-12(11-27-8-3-7-24-27)13-6-9-30-18(13)17/h1-5,7-8,10H,6,9,11H2,(H,25,26). The Bertz CT molecular complexity index is 1430. The Morgan fingerprint density at radius 2 is 2.03 bits per heavy atom. The second-order valence-electron chi connectivity index (χ2n) is 7.15. The molecular formula is C20H15F3N4O5S. The third-order valence-corrected chi connectivity index (χ3v) is 6.38. The topological polar surface area (TPSA) is 108 Å². The van der Waals surface area contributed by atoms with Crippen LogP contribution >= 0.6 is 0 Å². The predicted octanol–water partition coefficient (Wildman–Crippen LogP) is 3.71. The van der Waals surface area contributed by atoms with Crippen LogP contribution in [0.4, 0.5) is 19.0 Å². The molecule has 4 aromatic rings. The van der Waals surface area contributed by atoms with Crippen LogP contribution in [0.5, 0.6) is 11.5 Å². The lowest BCUT2D eigenvalue weighted by Crippen LogP contribution is -2.21. The highest BCUT2D eigenvalue weighted by molar-refractivity contribution is 7.92. The maximum absolute atomic E-state index is 12.9. The van der Waals surface area contributed by atoms with E-state index in [0.29, 0.717) is 25.3 Å². The zero-order chi connectivity index (χ0) is 23.2. The van der Waals surface area contributed by atoms with Crippen molar-refractivity contribution < 1.29 is 35.6 Å². The Balaban J connectivity index is 1.54. The van der Waals surface area contributed by atoms with Gasteiger partial charge in [-0.25, -0.2) is 8.42 Å². The van der Waals surface area contributed by atoms with Crippen LogP contribution in [0.15, 0.2) is 58.2 Å². The third kappa shape index (κ3) is 4.06. The van der Waals surface area contributed by atoms with Crippen molar-refractivity contribution in [2.24, 2.45) is 0 Å². The number of para-hydroxylation sites is 1. The molecule has 1 aliphatic rings. The van der Waals surface area contributed by atoms with Crippen molar-refractivity contribution in [1.82, 2.24) is 14.9 Å². The van der Waals surface area contributed by atoms with E-state index in [1.54, 1.807) is 29.2 Å². The summed E-state index contributed by atoms with van der Waals surface area (Å²) in [4.78, 5) is -0.702. The number of halogens is 3. The maximum Gasteiger partial charge on any atom is 0.573 e. The molecule has 172 valence electrons. The van der Waals surface area contributed by atoms with Gasteiger partial charge in [-0.1, -0.05) is 17.3 Å². The van der Waals surface area contributed by atoms with E-state index in [-0.39, 0.29) is 16.8 Å². The number of hydrogen-bond acceptors (Lipinski definition) is 7. The van der Waals surface area contributed by atoms with Crippen LogP contribution in [0.25, 0.3) is 11.0 Å². The molecule has 0 saturated carbocycles. The number of sulfonamides is 1. The van der Waals surface area contributed by atoms with E-state index >= 15 is 0 Å². The summed E-state index contributed by atoms with van der Waals surface area (Å²) in [5, 5.41) is 8.26. The number of alkyl halides is 3. The highest BCUT2D eigenvalue weighted by Gasteiger charge is 2.35. The molecule has 33 heavy (non-hydrogen) atoms. The number of rotatable bonds is 6. The minimum Gasteiger partial charge on any atom is -0.492 e. The molecule has 9 nitrogen and oxygen atoms in total. The van der Waals surface area contributed by atoms with E-state index in [2.05, 4.69) is 19.7 Å². The molecule has 0 unspecified atom stereocenters. The molecule has 0 aliphatic carbocycles. The Hall–Kier alpha value is -3.74. The normalized spacial score (nSPS) is 13.7. The molecule has 0 fully saturated rings. The summed E-state index contributed by atoms with van der Waals surface area (Å²) in [6.07, 6.45) is -1.03. The first-order chi connectivity index (χ1) is 15.7. The molecular weight excluding hydrogens is 465 g/mol. The molecule has 1 aliphatic heterocycles. The van der Waals surface area contributed by atoms with Crippen LogP contribution in [-0.4, -0.2) is 36.3 Å². The molecule has 0 radical (unpaired) electrons. The van der Waals surface area contributed by atoms with Gasteiger partial charge in [0.25, 0.3) is 10.0 Å². The predicted molar refractivity (Wildman–Crippen MR) is 108 cm³/mol. The summed E-state index contributed by atoms with van der Waals surface area (Å²) in [7, 11) is -4.51. The summed E-state index contributed by atoms with van der Waals surface area (Å²) in [6.45, 7) is 0.818. The van der Waals surface area contributed by atoms with Gasteiger partial charge >= 0.3 is 6.36 Å². The molecule has 3 heterocycles. The molecule has 0 spiro atoms. The minimum absolute atomic E-state index is 0.199. The van der Waals surface area contributed by atoms with Crippen molar-refractivity contribution >= 4 is 26.8 Å². The molecule has 2 aromatic carbocycles. The van der Waals surface area contributed by atoms with Gasteiger partial charge in [0, 0.05) is 24.4 Å². The average Bonchev–Trinajstić information content (AvgIpc) is 3.48. The van der Waals surface area contributed by atoms with E-state index < -0.39 is 27.0 Å². The van der Waals surface area contributed by atoms with E-state index in [0.717, 1.165) is 23.3 Å². The first-order valence-corrected chi connectivity index (χ1v) is 11.1. The number of nitrogens with one attached hydrogen (secondary N) is 1. The Kier molecular flexibility index (Phi) is 4.92. The van der Waals surface area contributed by atoms with Gasteiger partial charge in [-0.15, -0.1) is 13.2 Å². The van der Waals surface area contributed by atoms with Crippen LogP contribution in [0.2, 0.25) is 0 Å². The van der Waals surface area contributed by atoms with Crippen LogP contribution in [0.3, 0.4) is 0 Å². The molecule has 2 aromatic heterocycles. The molecule has 1 N–H and O–H groups in total. The number of benzene rings is 2. The molecule has 13 heteroatoms. The van der Waals surface area contributed by atoms with Crippen molar-refractivity contribution in [1.29, 1.82) is 0 Å². The number of fused-ring (bicyclic) bond motifs is 3. The fourth-order valence-corrected chi connectivity index (χ4v) is 4.83. The van der Waals surface area contributed by atoms with Crippen molar-refractivity contribution in [2.75, 3.05) is 11.3 Å². The zero-order valence-electron chi connectivity index (χ0n) is 16.7. The van der Waals surface area contributed by atoms with Crippen LogP contribution in [-0.2, 0) is 23.0 Å². The zero-order valence-corrected chi connectivity index (χ0v) is 17.5. The smallest absolute Gasteiger partial charge is 0.492 e. The first-order valence-electron chi connectivity index (χ1n) is 9.63. The van der Waals surface area contributed by atoms with Crippen molar-refractivity contribution in [3.05, 3.63) is 59.9 Å². The third-order valence-electron chi connectivity index (χ3n) is 5.00. The number of anilines is 1. The Labute approximate surface area is 184 Å². The second-order valence-corrected chi connectivity index (χ2v) is 8.80. The van der Waals surface area contributed by atoms with E-state index in [9.17, 15) is 21.6 Å². The molecule has 0 amide bonds.